The fraction of sp³-hybridized carbons (Fsp3) is 0.296. The number of anilines is 3. The molecule has 4 aromatic rings. The number of fused-ring (bicyclic) bond motifs is 1. The van der Waals surface area contributed by atoms with E-state index in [0.29, 0.717) is 59.7 Å². The minimum Gasteiger partial charge on any atom is -0.493 e. The molecule has 0 radical (unpaired) electrons. The van der Waals surface area contributed by atoms with Gasteiger partial charge in [-0.05, 0) is 24.6 Å². The van der Waals surface area contributed by atoms with Gasteiger partial charge in [-0.2, -0.15) is 0 Å². The van der Waals surface area contributed by atoms with E-state index >= 15 is 0 Å². The van der Waals surface area contributed by atoms with Crippen molar-refractivity contribution in [1.29, 1.82) is 0 Å². The maximum absolute atomic E-state index is 14.3. The lowest BCUT2D eigenvalue weighted by molar-refractivity contribution is 0.103. The number of piperazine rings is 1. The molecule has 1 N–H and O–H groups in total. The van der Waals surface area contributed by atoms with E-state index in [1.54, 1.807) is 24.3 Å². The summed E-state index contributed by atoms with van der Waals surface area (Å²) in [6.45, 7) is 4.56. The van der Waals surface area contributed by atoms with Crippen molar-refractivity contribution in [1.82, 2.24) is 9.97 Å². The molecule has 3 heterocycles. The van der Waals surface area contributed by atoms with Gasteiger partial charge in [-0.1, -0.05) is 12.1 Å². The van der Waals surface area contributed by atoms with Crippen LogP contribution >= 0.6 is 11.3 Å². The molecule has 0 unspecified atom stereocenters. The van der Waals surface area contributed by atoms with Crippen LogP contribution in [-0.4, -0.2) is 63.4 Å². The number of carbonyl (C=O) groups excluding carboxylic acids is 1. The molecule has 0 aliphatic carbocycles. The zero-order valence-corrected chi connectivity index (χ0v) is 22.4. The zero-order valence-electron chi connectivity index (χ0n) is 21.6. The number of aryl methyl sites for hydroxylation is 1. The minimum atomic E-state index is -0.268. The highest BCUT2D eigenvalue weighted by Gasteiger charge is 2.26. The smallest absolute Gasteiger partial charge is 0.266 e. The molecule has 1 fully saturated rings. The third-order valence-corrected chi connectivity index (χ3v) is 7.81. The van der Waals surface area contributed by atoms with Gasteiger partial charge in [0.05, 0.1) is 37.3 Å². The van der Waals surface area contributed by atoms with E-state index in [9.17, 15) is 9.18 Å². The molecule has 1 aliphatic heterocycles. The van der Waals surface area contributed by atoms with E-state index in [4.69, 9.17) is 14.2 Å². The summed E-state index contributed by atoms with van der Waals surface area (Å²) in [6.07, 6.45) is 1.53. The lowest BCUT2D eigenvalue weighted by atomic mass is 10.1. The number of nitrogens with zero attached hydrogens (tertiary/aromatic N) is 4. The molecule has 5 rings (SSSR count). The molecule has 0 saturated carbocycles. The highest BCUT2D eigenvalue weighted by molar-refractivity contribution is 7.20. The molecule has 0 atom stereocenters. The van der Waals surface area contributed by atoms with E-state index < -0.39 is 0 Å². The molecule has 198 valence electrons. The third kappa shape index (κ3) is 4.65. The Bertz CT molecular complexity index is 1460. The van der Waals surface area contributed by atoms with Gasteiger partial charge in [-0.3, -0.25) is 4.79 Å². The van der Waals surface area contributed by atoms with Crippen molar-refractivity contribution in [2.45, 2.75) is 6.92 Å². The van der Waals surface area contributed by atoms with Gasteiger partial charge in [-0.15, -0.1) is 11.3 Å². The summed E-state index contributed by atoms with van der Waals surface area (Å²) >= 11 is 1.32. The summed E-state index contributed by atoms with van der Waals surface area (Å²) in [7, 11) is 4.57. The highest BCUT2D eigenvalue weighted by Crippen LogP contribution is 2.41. The second kappa shape index (κ2) is 10.7. The van der Waals surface area contributed by atoms with E-state index in [1.165, 1.54) is 45.1 Å². The van der Waals surface area contributed by atoms with Crippen LogP contribution < -0.4 is 29.3 Å². The van der Waals surface area contributed by atoms with Crippen molar-refractivity contribution in [3.05, 3.63) is 59.0 Å². The van der Waals surface area contributed by atoms with Crippen LogP contribution in [0, 0.1) is 12.7 Å². The monoisotopic (exact) mass is 537 g/mol. The summed E-state index contributed by atoms with van der Waals surface area (Å²) in [5.41, 5.74) is 1.93. The summed E-state index contributed by atoms with van der Waals surface area (Å²) < 4.78 is 30.5. The molecule has 0 spiro atoms. The predicted molar refractivity (Wildman–Crippen MR) is 147 cm³/mol. The largest absolute Gasteiger partial charge is 0.493 e. The van der Waals surface area contributed by atoms with E-state index in [2.05, 4.69) is 20.2 Å². The molecule has 2 aromatic carbocycles. The normalized spacial score (nSPS) is 13.5. The van der Waals surface area contributed by atoms with Gasteiger partial charge in [0.1, 0.15) is 22.8 Å². The van der Waals surface area contributed by atoms with Crippen LogP contribution in [0.25, 0.3) is 10.2 Å². The second-order valence-corrected chi connectivity index (χ2v) is 9.73. The number of halogens is 1. The number of thiophene rings is 1. The Kier molecular flexibility index (Phi) is 7.19. The number of hydrogen-bond donors (Lipinski definition) is 1. The van der Waals surface area contributed by atoms with Crippen molar-refractivity contribution in [3.63, 3.8) is 0 Å². The number of rotatable bonds is 7. The van der Waals surface area contributed by atoms with Crippen molar-refractivity contribution >= 4 is 44.7 Å². The number of para-hydroxylation sites is 1. The fourth-order valence-electron chi connectivity index (χ4n) is 4.72. The van der Waals surface area contributed by atoms with Gasteiger partial charge in [0.25, 0.3) is 5.91 Å². The zero-order chi connectivity index (χ0) is 26.8. The Balaban J connectivity index is 1.40. The number of methoxy groups -OCH3 is 3. The van der Waals surface area contributed by atoms with E-state index in [-0.39, 0.29) is 11.7 Å². The highest BCUT2D eigenvalue weighted by atomic mass is 32.1. The lowest BCUT2D eigenvalue weighted by Crippen LogP contribution is -2.47. The summed E-state index contributed by atoms with van der Waals surface area (Å²) in [5, 5.41) is 3.79. The number of carbonyl (C=O) groups is 1. The maximum Gasteiger partial charge on any atom is 0.266 e. The van der Waals surface area contributed by atoms with Gasteiger partial charge in [0, 0.05) is 44.0 Å². The Morgan fingerprint density at radius 3 is 2.26 bits per heavy atom. The Hall–Kier alpha value is -4.12. The van der Waals surface area contributed by atoms with Gasteiger partial charge < -0.3 is 29.3 Å². The Morgan fingerprint density at radius 1 is 0.974 bits per heavy atom. The maximum atomic E-state index is 14.3. The van der Waals surface area contributed by atoms with Crippen LogP contribution in [0.2, 0.25) is 0 Å². The minimum absolute atomic E-state index is 0.221. The van der Waals surface area contributed by atoms with Crippen LogP contribution in [0.1, 0.15) is 15.2 Å². The molecule has 9 nitrogen and oxygen atoms in total. The Morgan fingerprint density at radius 2 is 1.63 bits per heavy atom. The fourth-order valence-corrected chi connectivity index (χ4v) is 5.76. The molecule has 11 heteroatoms. The summed E-state index contributed by atoms with van der Waals surface area (Å²) in [5.74, 6) is 1.62. The topological polar surface area (TPSA) is 89.0 Å². The SMILES string of the molecule is COc1cc(NC(=O)c2sc3ncnc(N4CCN(c5ccccc5F)CC4)c3c2C)cc(OC)c1OC. The van der Waals surface area contributed by atoms with Crippen LogP contribution in [0.15, 0.2) is 42.7 Å². The first-order valence-electron chi connectivity index (χ1n) is 12.0. The van der Waals surface area contributed by atoms with Crippen molar-refractivity contribution < 1.29 is 23.4 Å². The van der Waals surface area contributed by atoms with Crippen molar-refractivity contribution in [2.24, 2.45) is 0 Å². The standard InChI is InChI=1S/C27H28FN5O4S/c1-16-22-25(33-11-9-32(10-12-33)19-8-6-5-7-18(19)28)29-15-30-27(22)38-24(16)26(34)31-17-13-20(35-2)23(37-4)21(14-17)36-3/h5-8,13-15H,9-12H2,1-4H3,(H,31,34). The average molecular weight is 538 g/mol. The number of aromatic nitrogens is 2. The van der Waals surface area contributed by atoms with E-state index in [0.717, 1.165) is 21.6 Å². The lowest BCUT2D eigenvalue weighted by Gasteiger charge is -2.37. The van der Waals surface area contributed by atoms with Gasteiger partial charge >= 0.3 is 0 Å². The number of benzene rings is 2. The average Bonchev–Trinajstić information content (AvgIpc) is 3.29. The number of ether oxygens (including phenoxy) is 3. The molecule has 1 aliphatic rings. The third-order valence-electron chi connectivity index (χ3n) is 6.61. The molecule has 2 aromatic heterocycles. The van der Waals surface area contributed by atoms with Crippen molar-refractivity contribution in [3.8, 4) is 17.2 Å². The Labute approximate surface area is 223 Å². The quantitative estimate of drug-likeness (QED) is 0.362. The van der Waals surface area contributed by atoms with Crippen LogP contribution in [0.4, 0.5) is 21.6 Å². The first kappa shape index (κ1) is 25.5. The molecular weight excluding hydrogens is 509 g/mol. The molecular formula is C27H28FN5O4S. The van der Waals surface area contributed by atoms with Crippen LogP contribution in [-0.2, 0) is 0 Å². The van der Waals surface area contributed by atoms with Crippen molar-refractivity contribution in [2.75, 3.05) is 62.6 Å². The number of amides is 1. The summed E-state index contributed by atoms with van der Waals surface area (Å²) in [6, 6.07) is 10.2. The molecule has 38 heavy (non-hydrogen) atoms. The van der Waals surface area contributed by atoms with Gasteiger partial charge in [0.2, 0.25) is 5.75 Å². The van der Waals surface area contributed by atoms with E-state index in [1.807, 2.05) is 17.9 Å². The number of nitrogens with one attached hydrogen (secondary N) is 1. The van der Waals surface area contributed by atoms with Crippen LogP contribution in [0.3, 0.4) is 0 Å². The first-order chi connectivity index (χ1) is 18.4. The molecule has 0 bridgehead atoms. The van der Waals surface area contributed by atoms with Gasteiger partial charge in [0.15, 0.2) is 11.5 Å². The first-order valence-corrected chi connectivity index (χ1v) is 12.9. The van der Waals surface area contributed by atoms with Crippen LogP contribution in [0.5, 0.6) is 17.2 Å². The molecule has 1 amide bonds. The molecule has 1 saturated heterocycles. The predicted octanol–water partition coefficient (Wildman–Crippen LogP) is 4.74. The summed E-state index contributed by atoms with van der Waals surface area (Å²) in [4.78, 5) is 27.9. The number of hydrogen-bond acceptors (Lipinski definition) is 9. The second-order valence-electron chi connectivity index (χ2n) is 8.73. The van der Waals surface area contributed by atoms with Gasteiger partial charge in [-0.25, -0.2) is 14.4 Å².